The van der Waals surface area contributed by atoms with E-state index in [2.05, 4.69) is 0 Å². The zero-order valence-electron chi connectivity index (χ0n) is 16.6. The van der Waals surface area contributed by atoms with Crippen LogP contribution in [0.3, 0.4) is 0 Å². The Bertz CT molecular complexity index is 1220. The number of fused-ring (bicyclic) bond motifs is 5. The highest BCUT2D eigenvalue weighted by molar-refractivity contribution is 6.14. The van der Waals surface area contributed by atoms with Crippen molar-refractivity contribution in [3.05, 3.63) is 60.5 Å². The third kappa shape index (κ3) is 1.14. The van der Waals surface area contributed by atoms with Gasteiger partial charge in [0.1, 0.15) is 11.2 Å². The van der Waals surface area contributed by atoms with Crippen LogP contribution in [0, 0.1) is 0 Å². The summed E-state index contributed by atoms with van der Waals surface area (Å²) in [5, 5.41) is 0.561. The molecule has 0 saturated heterocycles. The lowest BCUT2D eigenvalue weighted by molar-refractivity contribution is 0.672. The molecule has 0 saturated carbocycles. The van der Waals surface area contributed by atoms with E-state index in [0.717, 1.165) is 0 Å². The highest BCUT2D eigenvalue weighted by Gasteiger charge is 2.08. The van der Waals surface area contributed by atoms with Crippen molar-refractivity contribution in [2.45, 2.75) is 0 Å². The van der Waals surface area contributed by atoms with Crippen molar-refractivity contribution in [1.29, 1.82) is 0 Å². The van der Waals surface area contributed by atoms with Crippen molar-refractivity contribution in [3.63, 3.8) is 0 Å². The highest BCUT2D eigenvalue weighted by atomic mass is 16.3. The van der Waals surface area contributed by atoms with Crippen LogP contribution in [-0.4, -0.2) is 0 Å². The van der Waals surface area contributed by atoms with Gasteiger partial charge in [-0.3, -0.25) is 0 Å². The maximum absolute atomic E-state index is 8.28. The molecule has 0 amide bonds. The van der Waals surface area contributed by atoms with E-state index in [-0.39, 0.29) is 63.6 Å². The predicted octanol–water partition coefficient (Wildman–Crippen LogP) is 4.74. The fourth-order valence-corrected chi connectivity index (χ4v) is 1.93. The van der Waals surface area contributed by atoms with Gasteiger partial charge in [0, 0.05) is 16.2 Å². The fraction of sp³-hybridized carbons (Fsp3) is 0. The number of benzene rings is 3. The number of furan rings is 1. The molecule has 0 N–H and O–H groups in total. The predicted molar refractivity (Wildman–Crippen MR) is 71.2 cm³/mol. The molecule has 0 radical (unpaired) electrons. The summed E-state index contributed by atoms with van der Waals surface area (Å²) >= 11 is 0. The molecule has 1 heteroatoms. The highest BCUT2D eigenvalue weighted by Crippen LogP contribution is 2.33. The summed E-state index contributed by atoms with van der Waals surface area (Å²) in [7, 11) is 0. The molecule has 0 aliphatic heterocycles. The summed E-state index contributed by atoms with van der Waals surface area (Å²) in [5.41, 5.74) is 0.312. The van der Waals surface area contributed by atoms with Crippen LogP contribution in [0.25, 0.3) is 32.7 Å². The molecular weight excluding hydrogens is 208 g/mol. The van der Waals surface area contributed by atoms with E-state index in [1.165, 1.54) is 12.1 Å². The number of hydrogen-bond acceptors (Lipinski definition) is 1. The number of hydrogen-bond donors (Lipinski definition) is 0. The smallest absolute Gasteiger partial charge is 0.143 e. The molecule has 17 heavy (non-hydrogen) atoms. The van der Waals surface area contributed by atoms with Gasteiger partial charge in [-0.25, -0.2) is 0 Å². The molecule has 4 rings (SSSR count). The summed E-state index contributed by atoms with van der Waals surface area (Å²) in [5.74, 6) is 0. The van der Waals surface area contributed by atoms with Gasteiger partial charge in [0.05, 0.1) is 11.0 Å². The van der Waals surface area contributed by atoms with Crippen LogP contribution in [0.4, 0.5) is 0 Å². The minimum absolute atomic E-state index is 0.0382. The van der Waals surface area contributed by atoms with Crippen molar-refractivity contribution in [1.82, 2.24) is 0 Å². The van der Waals surface area contributed by atoms with Crippen molar-refractivity contribution in [2.24, 2.45) is 0 Å². The van der Waals surface area contributed by atoms with E-state index in [9.17, 15) is 0 Å². The Morgan fingerprint density at radius 2 is 1.65 bits per heavy atom. The van der Waals surface area contributed by atoms with Gasteiger partial charge in [-0.2, -0.15) is 0 Å². The van der Waals surface area contributed by atoms with Crippen molar-refractivity contribution >= 4 is 32.7 Å². The lowest BCUT2D eigenvalue weighted by Gasteiger charge is -1.97. The Labute approximate surface area is 110 Å². The summed E-state index contributed by atoms with van der Waals surface area (Å²) in [6.45, 7) is 0. The first-order valence-electron chi connectivity index (χ1n) is 9.06. The average molecular weight is 226 g/mol. The van der Waals surface area contributed by atoms with Crippen molar-refractivity contribution < 1.29 is 15.4 Å². The zero-order valence-corrected chi connectivity index (χ0v) is 8.56. The largest absolute Gasteiger partial charge is 0.455 e. The molecule has 80 valence electrons. The van der Waals surface area contributed by atoms with Gasteiger partial charge in [-0.1, -0.05) is 48.4 Å². The van der Waals surface area contributed by atoms with E-state index in [1.54, 1.807) is 0 Å². The molecule has 3 aromatic carbocycles. The van der Waals surface area contributed by atoms with E-state index < -0.39 is 12.1 Å². The minimum atomic E-state index is -0.470. The standard InChI is InChI=1S/C16H10O/c1-2-6-12-11(5-1)9-10-14-13-7-3-4-8-15(13)17-16(12)14/h1-10H/i1D,2D,3D,4D,5D,6D,9D,10D. The van der Waals surface area contributed by atoms with Crippen molar-refractivity contribution in [2.75, 3.05) is 0 Å². The maximum atomic E-state index is 8.28. The topological polar surface area (TPSA) is 13.1 Å². The Hall–Kier alpha value is -2.28. The van der Waals surface area contributed by atoms with Gasteiger partial charge in [0.15, 0.2) is 0 Å². The molecule has 0 bridgehead atoms. The van der Waals surface area contributed by atoms with Gasteiger partial charge in [-0.05, 0) is 17.5 Å². The first-order chi connectivity index (χ1) is 11.7. The lowest BCUT2D eigenvalue weighted by atomic mass is 10.1. The summed E-state index contributed by atoms with van der Waals surface area (Å²) in [4.78, 5) is 0. The Morgan fingerprint density at radius 3 is 2.65 bits per heavy atom. The Morgan fingerprint density at radius 1 is 0.765 bits per heavy atom. The van der Waals surface area contributed by atoms with E-state index in [0.29, 0.717) is 5.39 Å². The maximum Gasteiger partial charge on any atom is 0.143 e. The molecule has 0 atom stereocenters. The molecule has 0 spiro atoms. The van der Waals surface area contributed by atoms with Gasteiger partial charge >= 0.3 is 0 Å². The summed E-state index contributed by atoms with van der Waals surface area (Å²) < 4.78 is 69.6. The second-order valence-electron chi connectivity index (χ2n) is 3.66. The second-order valence-corrected chi connectivity index (χ2v) is 3.66. The monoisotopic (exact) mass is 226 g/mol. The number of para-hydroxylation sites is 1. The molecule has 4 aromatic rings. The number of rotatable bonds is 0. The first kappa shape index (κ1) is 4.19. The quantitative estimate of drug-likeness (QED) is 0.422. The van der Waals surface area contributed by atoms with Crippen LogP contribution in [0.15, 0.2) is 64.9 Å². The second kappa shape index (κ2) is 3.11. The van der Waals surface area contributed by atoms with Gasteiger partial charge < -0.3 is 4.42 Å². The SMILES string of the molecule is [2H]c1cc2oc3c4c([2H])c([2H])c([2H])c([2H])c4c([2H])c([2H])c3c2cc1[2H]. The van der Waals surface area contributed by atoms with Crippen molar-refractivity contribution in [3.8, 4) is 0 Å². The third-order valence-corrected chi connectivity index (χ3v) is 2.70. The van der Waals surface area contributed by atoms with Crippen LogP contribution >= 0.6 is 0 Å². The van der Waals surface area contributed by atoms with Crippen LogP contribution in [0.2, 0.25) is 0 Å². The van der Waals surface area contributed by atoms with E-state index in [1.807, 2.05) is 0 Å². The van der Waals surface area contributed by atoms with Crippen LogP contribution in [-0.2, 0) is 0 Å². The van der Waals surface area contributed by atoms with Gasteiger partial charge in [0.2, 0.25) is 0 Å². The summed E-state index contributed by atoms with van der Waals surface area (Å²) in [6.07, 6.45) is 0. The summed E-state index contributed by atoms with van der Waals surface area (Å²) in [6, 6.07) is 0.386. The molecule has 1 nitrogen and oxygen atoms in total. The minimum Gasteiger partial charge on any atom is -0.455 e. The molecular formula is C16H10O. The fourth-order valence-electron chi connectivity index (χ4n) is 1.93. The molecule has 1 aromatic heterocycles. The molecule has 1 heterocycles. The van der Waals surface area contributed by atoms with Gasteiger partial charge in [0.25, 0.3) is 0 Å². The molecule has 0 fully saturated rings. The Balaban J connectivity index is 2.41. The molecule has 0 aliphatic rings. The van der Waals surface area contributed by atoms with E-state index in [4.69, 9.17) is 15.4 Å². The average Bonchev–Trinajstić information content (AvgIpc) is 2.92. The normalized spacial score (nSPS) is 18.1. The lowest BCUT2D eigenvalue weighted by Crippen LogP contribution is -1.72. The molecule has 0 unspecified atom stereocenters. The first-order valence-corrected chi connectivity index (χ1v) is 5.06. The third-order valence-electron chi connectivity index (χ3n) is 2.70. The molecule has 0 aliphatic carbocycles. The van der Waals surface area contributed by atoms with Crippen LogP contribution in [0.1, 0.15) is 11.0 Å². The zero-order chi connectivity index (χ0) is 18.2. The van der Waals surface area contributed by atoms with Crippen LogP contribution < -0.4 is 0 Å². The van der Waals surface area contributed by atoms with Crippen LogP contribution in [0.5, 0.6) is 0 Å². The van der Waals surface area contributed by atoms with E-state index >= 15 is 0 Å². The Kier molecular flexibility index (Phi) is 0.766. The van der Waals surface area contributed by atoms with Gasteiger partial charge in [-0.15, -0.1) is 0 Å².